The van der Waals surface area contributed by atoms with Crippen LogP contribution in [0.15, 0.2) is 18.3 Å². The molecule has 1 amide bonds. The fraction of sp³-hybridized carbons (Fsp3) is 0.450. The number of halogens is 1. The average molecular weight is 371 g/mol. The standard InChI is InChI=1S/C20H23ClN4O/c1-12-8-16(4-6-22-12)24-7-5-15(9-24)20(26)25-10-17-13(2)19(21)14(3)23-18(17)11-25/h4,6,8,15H,5,7,9-11H2,1-3H3. The second-order valence-corrected chi connectivity index (χ2v) is 7.72. The first-order chi connectivity index (χ1) is 12.4. The second-order valence-electron chi connectivity index (χ2n) is 7.34. The predicted octanol–water partition coefficient (Wildman–Crippen LogP) is 3.42. The van der Waals surface area contributed by atoms with Crippen molar-refractivity contribution >= 4 is 23.2 Å². The Morgan fingerprint density at radius 1 is 1.27 bits per heavy atom. The van der Waals surface area contributed by atoms with Crippen LogP contribution < -0.4 is 4.90 Å². The topological polar surface area (TPSA) is 49.3 Å². The lowest BCUT2D eigenvalue weighted by Crippen LogP contribution is -2.34. The molecule has 4 rings (SSSR count). The molecule has 2 aromatic rings. The molecule has 5 nitrogen and oxygen atoms in total. The van der Waals surface area contributed by atoms with Gasteiger partial charge in [-0.1, -0.05) is 11.6 Å². The fourth-order valence-electron chi connectivity index (χ4n) is 4.05. The van der Waals surface area contributed by atoms with Crippen LogP contribution in [0.4, 0.5) is 5.69 Å². The Labute approximate surface area is 159 Å². The van der Waals surface area contributed by atoms with Crippen molar-refractivity contribution in [3.05, 3.63) is 51.6 Å². The van der Waals surface area contributed by atoms with E-state index in [1.165, 1.54) is 0 Å². The molecule has 26 heavy (non-hydrogen) atoms. The number of fused-ring (bicyclic) bond motifs is 1. The highest BCUT2D eigenvalue weighted by molar-refractivity contribution is 6.32. The monoisotopic (exact) mass is 370 g/mol. The van der Waals surface area contributed by atoms with Gasteiger partial charge in [0.1, 0.15) is 0 Å². The van der Waals surface area contributed by atoms with Gasteiger partial charge in [-0.3, -0.25) is 14.8 Å². The van der Waals surface area contributed by atoms with Crippen LogP contribution in [0, 0.1) is 26.7 Å². The van der Waals surface area contributed by atoms with Crippen molar-refractivity contribution in [2.75, 3.05) is 18.0 Å². The van der Waals surface area contributed by atoms with Gasteiger partial charge in [-0.15, -0.1) is 0 Å². The Morgan fingerprint density at radius 3 is 2.85 bits per heavy atom. The van der Waals surface area contributed by atoms with Crippen LogP contribution >= 0.6 is 11.6 Å². The number of anilines is 1. The lowest BCUT2D eigenvalue weighted by Gasteiger charge is -2.21. The first-order valence-electron chi connectivity index (χ1n) is 9.05. The summed E-state index contributed by atoms with van der Waals surface area (Å²) in [6, 6.07) is 4.10. The minimum Gasteiger partial charge on any atom is -0.371 e. The Bertz CT molecular complexity index is 882. The molecule has 4 heterocycles. The summed E-state index contributed by atoms with van der Waals surface area (Å²) in [7, 11) is 0. The summed E-state index contributed by atoms with van der Waals surface area (Å²) in [4.78, 5) is 26.1. The summed E-state index contributed by atoms with van der Waals surface area (Å²) in [5.74, 6) is 0.263. The van der Waals surface area contributed by atoms with Gasteiger partial charge in [0.2, 0.25) is 5.91 Å². The maximum Gasteiger partial charge on any atom is 0.228 e. The van der Waals surface area contributed by atoms with Crippen LogP contribution in [-0.4, -0.2) is 33.9 Å². The van der Waals surface area contributed by atoms with Crippen molar-refractivity contribution in [3.63, 3.8) is 0 Å². The number of pyridine rings is 2. The van der Waals surface area contributed by atoms with E-state index in [1.54, 1.807) is 0 Å². The van der Waals surface area contributed by atoms with E-state index in [0.717, 1.165) is 58.4 Å². The highest BCUT2D eigenvalue weighted by atomic mass is 35.5. The number of aryl methyl sites for hydroxylation is 2. The minimum atomic E-state index is 0.0367. The third-order valence-corrected chi connectivity index (χ3v) is 6.09. The maximum absolute atomic E-state index is 13.1. The van der Waals surface area contributed by atoms with Gasteiger partial charge in [-0.05, 0) is 50.5 Å². The van der Waals surface area contributed by atoms with Crippen LogP contribution in [0.2, 0.25) is 5.02 Å². The van der Waals surface area contributed by atoms with Gasteiger partial charge in [-0.25, -0.2) is 0 Å². The van der Waals surface area contributed by atoms with Crippen LogP contribution in [0.1, 0.15) is 34.6 Å². The van der Waals surface area contributed by atoms with E-state index in [0.29, 0.717) is 13.1 Å². The van der Waals surface area contributed by atoms with E-state index in [-0.39, 0.29) is 11.8 Å². The van der Waals surface area contributed by atoms with Gasteiger partial charge in [0.25, 0.3) is 0 Å². The zero-order chi connectivity index (χ0) is 18.4. The van der Waals surface area contributed by atoms with E-state index in [1.807, 2.05) is 37.9 Å². The number of aromatic nitrogens is 2. The van der Waals surface area contributed by atoms with Gasteiger partial charge in [0.05, 0.1) is 28.9 Å². The summed E-state index contributed by atoms with van der Waals surface area (Å²) in [5.41, 5.74) is 6.17. The Morgan fingerprint density at radius 2 is 2.08 bits per heavy atom. The first-order valence-corrected chi connectivity index (χ1v) is 9.42. The molecule has 1 atom stereocenters. The molecule has 0 bridgehead atoms. The summed E-state index contributed by atoms with van der Waals surface area (Å²) < 4.78 is 0. The number of hydrogen-bond donors (Lipinski definition) is 0. The van der Waals surface area contributed by atoms with Crippen molar-refractivity contribution in [1.82, 2.24) is 14.9 Å². The molecule has 1 fully saturated rings. The van der Waals surface area contributed by atoms with Crippen molar-refractivity contribution in [3.8, 4) is 0 Å². The smallest absolute Gasteiger partial charge is 0.228 e. The molecular weight excluding hydrogens is 348 g/mol. The summed E-state index contributed by atoms with van der Waals surface area (Å²) in [5, 5.41) is 0.721. The first kappa shape index (κ1) is 17.3. The van der Waals surface area contributed by atoms with Crippen LogP contribution in [0.5, 0.6) is 0 Å². The number of rotatable bonds is 2. The number of carbonyl (C=O) groups excluding carboxylic acids is 1. The molecule has 2 aromatic heterocycles. The second kappa shape index (κ2) is 6.54. The highest BCUT2D eigenvalue weighted by Gasteiger charge is 2.35. The van der Waals surface area contributed by atoms with Gasteiger partial charge in [-0.2, -0.15) is 0 Å². The number of hydrogen-bond acceptors (Lipinski definition) is 4. The van der Waals surface area contributed by atoms with Gasteiger partial charge in [0, 0.05) is 37.2 Å². The number of nitrogens with zero attached hydrogens (tertiary/aromatic N) is 4. The normalized spacial score (nSPS) is 19.2. The van der Waals surface area contributed by atoms with Crippen molar-refractivity contribution in [2.45, 2.75) is 40.3 Å². The SMILES string of the molecule is Cc1cc(N2CCC(C(=O)N3Cc4nc(C)c(Cl)c(C)c4C3)C2)ccn1. The maximum atomic E-state index is 13.1. The molecular formula is C20H23ClN4O. The molecule has 136 valence electrons. The third-order valence-electron chi connectivity index (χ3n) is 5.53. The zero-order valence-corrected chi connectivity index (χ0v) is 16.2. The van der Waals surface area contributed by atoms with Crippen LogP contribution in [0.25, 0.3) is 0 Å². The largest absolute Gasteiger partial charge is 0.371 e. The minimum absolute atomic E-state index is 0.0367. The van der Waals surface area contributed by atoms with Crippen LogP contribution in [0.3, 0.4) is 0 Å². The van der Waals surface area contributed by atoms with Gasteiger partial charge in [0.15, 0.2) is 0 Å². The number of amides is 1. The molecule has 1 unspecified atom stereocenters. The molecule has 0 saturated carbocycles. The highest BCUT2D eigenvalue weighted by Crippen LogP contribution is 2.33. The Kier molecular flexibility index (Phi) is 4.35. The lowest BCUT2D eigenvalue weighted by molar-refractivity contribution is -0.135. The molecule has 0 spiro atoms. The molecule has 0 radical (unpaired) electrons. The van der Waals surface area contributed by atoms with E-state index < -0.39 is 0 Å². The summed E-state index contributed by atoms with van der Waals surface area (Å²) in [6.07, 6.45) is 2.72. The van der Waals surface area contributed by atoms with Gasteiger partial charge < -0.3 is 9.80 Å². The molecule has 6 heteroatoms. The predicted molar refractivity (Wildman–Crippen MR) is 102 cm³/mol. The van der Waals surface area contributed by atoms with E-state index >= 15 is 0 Å². The zero-order valence-electron chi connectivity index (χ0n) is 15.4. The lowest BCUT2D eigenvalue weighted by atomic mass is 10.1. The molecule has 2 aliphatic heterocycles. The van der Waals surface area contributed by atoms with E-state index in [4.69, 9.17) is 11.6 Å². The number of carbonyl (C=O) groups is 1. The van der Waals surface area contributed by atoms with Gasteiger partial charge >= 0.3 is 0 Å². The van der Waals surface area contributed by atoms with E-state index in [2.05, 4.69) is 20.9 Å². The molecule has 2 aliphatic rings. The molecule has 0 aliphatic carbocycles. The average Bonchev–Trinajstić information content (AvgIpc) is 3.26. The Balaban J connectivity index is 1.47. The summed E-state index contributed by atoms with van der Waals surface area (Å²) in [6.45, 7) is 8.82. The van der Waals surface area contributed by atoms with Crippen molar-refractivity contribution in [2.24, 2.45) is 5.92 Å². The third kappa shape index (κ3) is 2.94. The quantitative estimate of drug-likeness (QED) is 0.812. The molecule has 0 aromatic carbocycles. The van der Waals surface area contributed by atoms with Crippen molar-refractivity contribution < 1.29 is 4.79 Å². The van der Waals surface area contributed by atoms with Crippen molar-refractivity contribution in [1.29, 1.82) is 0 Å². The summed E-state index contributed by atoms with van der Waals surface area (Å²) >= 11 is 6.34. The molecule has 1 saturated heterocycles. The Hall–Kier alpha value is -2.14. The fourth-order valence-corrected chi connectivity index (χ4v) is 4.20. The van der Waals surface area contributed by atoms with E-state index in [9.17, 15) is 4.79 Å². The molecule has 0 N–H and O–H groups in total. The van der Waals surface area contributed by atoms with Crippen LogP contribution in [-0.2, 0) is 17.9 Å².